The molecular formula is C22H25Cl3N2O8. The minimum absolute atomic E-state index is 0. The number of likely N-dealkylation sites (N-methyl/N-ethyl adjacent to an activating group) is 1. The number of phenolic OH excluding ortho intramolecular Hbond substituents is 1. The zero-order chi connectivity index (χ0) is 24.8. The largest absolute Gasteiger partial charge is 0.508 e. The number of ketones is 2. The Morgan fingerprint density at radius 2 is 1.71 bits per heavy atom. The average molecular weight is 552 g/mol. The third-order valence-corrected chi connectivity index (χ3v) is 7.39. The van der Waals surface area contributed by atoms with Crippen LogP contribution in [-0.4, -0.2) is 73.6 Å². The molecule has 0 aromatic heterocycles. The number of halogens is 3. The van der Waals surface area contributed by atoms with Gasteiger partial charge in [0.25, 0.3) is 5.91 Å². The number of nitrogens with two attached hydrogens (primary N) is 1. The molecule has 35 heavy (non-hydrogen) atoms. The number of carbonyl (C=O) groups excluding carboxylic acids is 3. The molecule has 192 valence electrons. The summed E-state index contributed by atoms with van der Waals surface area (Å²) in [7, 11) is 2.97. The van der Waals surface area contributed by atoms with Crippen LogP contribution in [0.25, 0.3) is 5.76 Å². The van der Waals surface area contributed by atoms with Crippen molar-refractivity contribution in [3.8, 4) is 5.75 Å². The van der Waals surface area contributed by atoms with Gasteiger partial charge < -0.3 is 31.3 Å². The lowest BCUT2D eigenvalue weighted by atomic mass is 9.54. The standard InChI is InChI=1S/C22H23ClN2O8.2ClH/c1-21(32)7-6-8-15(25(2)3)17(28)13(20(24)31)19(30)22(8,33)18(29)11(7)16(27)12-10(26)5-4-9(23)14(12)21;;/h4-5,7-8,15,26-27,30,32-33H,6H2,1-3H3,(H2,24,31);2*1H/t7-,8-,15-,21-,22-;;/m0../s1. The van der Waals surface area contributed by atoms with Crippen LogP contribution < -0.4 is 5.73 Å². The molecule has 0 unspecified atom stereocenters. The number of hydrogen-bond acceptors (Lipinski definition) is 9. The van der Waals surface area contributed by atoms with Gasteiger partial charge >= 0.3 is 0 Å². The second kappa shape index (κ2) is 8.95. The Hall–Kier alpha value is -2.34. The van der Waals surface area contributed by atoms with E-state index in [-0.39, 0.29) is 47.4 Å². The van der Waals surface area contributed by atoms with E-state index in [0.717, 1.165) is 0 Å². The van der Waals surface area contributed by atoms with Crippen molar-refractivity contribution in [3.05, 3.63) is 45.2 Å². The fraction of sp³-hybridized carbons (Fsp3) is 0.409. The highest BCUT2D eigenvalue weighted by atomic mass is 35.5. The molecular weight excluding hydrogens is 527 g/mol. The summed E-state index contributed by atoms with van der Waals surface area (Å²) in [5.74, 6) is -8.30. The van der Waals surface area contributed by atoms with Crippen LogP contribution in [0.1, 0.15) is 24.5 Å². The van der Waals surface area contributed by atoms with E-state index in [4.69, 9.17) is 17.3 Å². The minimum atomic E-state index is -2.78. The van der Waals surface area contributed by atoms with Gasteiger partial charge in [-0.05, 0) is 39.6 Å². The van der Waals surface area contributed by atoms with E-state index in [1.807, 2.05) is 0 Å². The van der Waals surface area contributed by atoms with Gasteiger partial charge in [0.05, 0.1) is 17.2 Å². The molecule has 4 rings (SSSR count). The van der Waals surface area contributed by atoms with Gasteiger partial charge in [0.2, 0.25) is 5.78 Å². The molecule has 0 heterocycles. The predicted octanol–water partition coefficient (Wildman–Crippen LogP) is 1.13. The van der Waals surface area contributed by atoms with Gasteiger partial charge in [0.15, 0.2) is 11.4 Å². The quantitative estimate of drug-likeness (QED) is 0.293. The molecule has 3 aliphatic carbocycles. The Kier molecular flexibility index (Phi) is 7.39. The molecule has 1 amide bonds. The van der Waals surface area contributed by atoms with E-state index >= 15 is 0 Å². The lowest BCUT2D eigenvalue weighted by molar-refractivity contribution is -0.159. The molecule has 1 fully saturated rings. The van der Waals surface area contributed by atoms with Crippen molar-refractivity contribution >= 4 is 59.6 Å². The Balaban J connectivity index is 0.00000216. The normalized spacial score (nSPS) is 31.8. The van der Waals surface area contributed by atoms with Gasteiger partial charge in [-0.1, -0.05) is 11.6 Å². The van der Waals surface area contributed by atoms with Crippen LogP contribution in [0.5, 0.6) is 5.75 Å². The molecule has 0 spiro atoms. The van der Waals surface area contributed by atoms with Crippen LogP contribution >= 0.6 is 36.4 Å². The van der Waals surface area contributed by atoms with Crippen molar-refractivity contribution in [1.29, 1.82) is 0 Å². The lowest BCUT2D eigenvalue weighted by Gasteiger charge is -2.53. The van der Waals surface area contributed by atoms with E-state index in [0.29, 0.717) is 0 Å². The van der Waals surface area contributed by atoms with Gasteiger partial charge in [-0.2, -0.15) is 0 Å². The molecule has 10 nitrogen and oxygen atoms in total. The number of rotatable bonds is 2. The molecule has 0 bridgehead atoms. The third-order valence-electron chi connectivity index (χ3n) is 7.07. The molecule has 5 atom stereocenters. The number of fused-ring (bicyclic) bond motifs is 3. The second-order valence-corrected chi connectivity index (χ2v) is 9.48. The zero-order valence-corrected chi connectivity index (χ0v) is 21.2. The lowest BCUT2D eigenvalue weighted by Crippen LogP contribution is -2.67. The average Bonchev–Trinajstić information content (AvgIpc) is 2.69. The molecule has 7 N–H and O–H groups in total. The van der Waals surface area contributed by atoms with Crippen molar-refractivity contribution in [2.75, 3.05) is 14.1 Å². The first-order valence-corrected chi connectivity index (χ1v) is 10.5. The second-order valence-electron chi connectivity index (χ2n) is 9.08. The number of primary amides is 1. The van der Waals surface area contributed by atoms with E-state index in [1.165, 1.54) is 38.1 Å². The molecule has 1 saturated carbocycles. The maximum Gasteiger partial charge on any atom is 0.255 e. The zero-order valence-electron chi connectivity index (χ0n) is 18.8. The van der Waals surface area contributed by atoms with Gasteiger partial charge in [-0.15, -0.1) is 24.8 Å². The van der Waals surface area contributed by atoms with Crippen molar-refractivity contribution in [2.45, 2.75) is 30.6 Å². The SMILES string of the molecule is CN(C)[C@@H]1C(=O)C(C(N)=O)=C(O)[C@@]2(O)C(=O)C3=C(O)c4c(O)ccc(Cl)c4[C@@](C)(O)[C@H]3C[C@@H]12.Cl.Cl. The van der Waals surface area contributed by atoms with E-state index < -0.39 is 75.0 Å². The first kappa shape index (κ1) is 28.9. The Bertz CT molecular complexity index is 1210. The number of aliphatic hydroxyl groups is 4. The molecule has 1 aromatic rings. The number of nitrogens with zero attached hydrogens (tertiary/aromatic N) is 1. The molecule has 13 heteroatoms. The summed E-state index contributed by atoms with van der Waals surface area (Å²) in [5.41, 5.74) is -1.10. The van der Waals surface area contributed by atoms with E-state index in [9.17, 15) is 39.9 Å². The van der Waals surface area contributed by atoms with Crippen LogP contribution in [0.3, 0.4) is 0 Å². The van der Waals surface area contributed by atoms with Gasteiger partial charge in [-0.25, -0.2) is 0 Å². The number of aromatic hydroxyl groups is 1. The summed E-state index contributed by atoms with van der Waals surface area (Å²) >= 11 is 6.28. The number of carbonyl (C=O) groups is 3. The number of phenols is 1. The number of Topliss-reactive ketones (excluding diaryl/α,β-unsaturated/α-hetero) is 2. The smallest absolute Gasteiger partial charge is 0.255 e. The van der Waals surface area contributed by atoms with Crippen LogP contribution in [0.4, 0.5) is 0 Å². The maximum absolute atomic E-state index is 13.7. The first-order valence-electron chi connectivity index (χ1n) is 10.1. The Morgan fingerprint density at radius 1 is 1.14 bits per heavy atom. The summed E-state index contributed by atoms with van der Waals surface area (Å²) in [6, 6.07) is 1.24. The van der Waals surface area contributed by atoms with Crippen molar-refractivity contribution < 1.29 is 39.9 Å². The van der Waals surface area contributed by atoms with Gasteiger partial charge in [0, 0.05) is 28.0 Å². The monoisotopic (exact) mass is 550 g/mol. The predicted molar refractivity (Wildman–Crippen MR) is 130 cm³/mol. The summed E-state index contributed by atoms with van der Waals surface area (Å²) in [6.45, 7) is 1.34. The van der Waals surface area contributed by atoms with Crippen molar-refractivity contribution in [2.24, 2.45) is 17.6 Å². The number of amides is 1. The number of aliphatic hydroxyl groups excluding tert-OH is 2. The minimum Gasteiger partial charge on any atom is -0.508 e. The van der Waals surface area contributed by atoms with Crippen LogP contribution in [0, 0.1) is 11.8 Å². The highest BCUT2D eigenvalue weighted by Crippen LogP contribution is 2.58. The van der Waals surface area contributed by atoms with Crippen LogP contribution in [0.2, 0.25) is 5.02 Å². The van der Waals surface area contributed by atoms with E-state index in [2.05, 4.69) is 0 Å². The van der Waals surface area contributed by atoms with Gasteiger partial charge in [0.1, 0.15) is 22.8 Å². The van der Waals surface area contributed by atoms with Crippen molar-refractivity contribution in [3.63, 3.8) is 0 Å². The third kappa shape index (κ3) is 3.54. The molecule has 0 radical (unpaired) electrons. The summed E-state index contributed by atoms with van der Waals surface area (Å²) in [4.78, 5) is 40.1. The summed E-state index contributed by atoms with van der Waals surface area (Å²) in [6.07, 6.45) is -0.259. The summed E-state index contributed by atoms with van der Waals surface area (Å²) in [5, 5.41) is 55.2. The van der Waals surface area contributed by atoms with Crippen LogP contribution in [0.15, 0.2) is 29.0 Å². The Labute approximate surface area is 217 Å². The molecule has 0 saturated heterocycles. The summed E-state index contributed by atoms with van der Waals surface area (Å²) < 4.78 is 0. The fourth-order valence-corrected chi connectivity index (χ4v) is 5.93. The van der Waals surface area contributed by atoms with E-state index in [1.54, 1.807) is 0 Å². The molecule has 3 aliphatic rings. The fourth-order valence-electron chi connectivity index (χ4n) is 5.58. The topological polar surface area (TPSA) is 182 Å². The first-order chi connectivity index (χ1) is 15.2. The van der Waals surface area contributed by atoms with Gasteiger partial charge in [-0.3, -0.25) is 19.3 Å². The Morgan fingerprint density at radius 3 is 2.23 bits per heavy atom. The molecule has 0 aliphatic heterocycles. The number of hydrogen-bond donors (Lipinski definition) is 6. The van der Waals surface area contributed by atoms with Crippen molar-refractivity contribution in [1.82, 2.24) is 4.90 Å². The number of benzene rings is 1. The highest BCUT2D eigenvalue weighted by Gasteiger charge is 2.66. The molecule has 1 aromatic carbocycles. The highest BCUT2D eigenvalue weighted by molar-refractivity contribution is 6.32. The maximum atomic E-state index is 13.7. The van der Waals surface area contributed by atoms with Crippen LogP contribution in [-0.2, 0) is 20.0 Å².